The van der Waals surface area contributed by atoms with Crippen molar-refractivity contribution in [1.29, 1.82) is 0 Å². The summed E-state index contributed by atoms with van der Waals surface area (Å²) in [6.45, 7) is 2.83. The molecule has 496 valence electrons. The Morgan fingerprint density at radius 2 is 0.762 bits per heavy atom. The lowest BCUT2D eigenvalue weighted by Gasteiger charge is -2.46. The van der Waals surface area contributed by atoms with Crippen LogP contribution in [0.3, 0.4) is 0 Å². The van der Waals surface area contributed by atoms with Gasteiger partial charge in [0.1, 0.15) is 48.8 Å². The van der Waals surface area contributed by atoms with Gasteiger partial charge in [-0.2, -0.15) is 0 Å². The number of ether oxygens (including phenoxy) is 4. The Labute approximate surface area is 513 Å². The van der Waals surface area contributed by atoms with Crippen molar-refractivity contribution < 1.29 is 64.6 Å². The predicted molar refractivity (Wildman–Crippen MR) is 342 cm³/mol. The molecule has 2 rings (SSSR count). The van der Waals surface area contributed by atoms with Crippen LogP contribution in [0.2, 0.25) is 0 Å². The number of nitrogens with one attached hydrogen (secondary N) is 1. The summed E-state index contributed by atoms with van der Waals surface area (Å²) in [5.41, 5.74) is 0. The van der Waals surface area contributed by atoms with Crippen molar-refractivity contribution in [2.24, 2.45) is 0 Å². The second-order valence-corrected chi connectivity index (χ2v) is 25.4. The Balaban J connectivity index is 1.66. The van der Waals surface area contributed by atoms with Crippen molar-refractivity contribution in [3.63, 3.8) is 0 Å². The lowest BCUT2D eigenvalue weighted by atomic mass is 9.97. The van der Waals surface area contributed by atoms with Crippen LogP contribution in [-0.2, 0) is 23.7 Å². The van der Waals surface area contributed by atoms with Crippen molar-refractivity contribution in [2.75, 3.05) is 19.8 Å². The summed E-state index contributed by atoms with van der Waals surface area (Å²) in [4.78, 5) is 13.3. The highest BCUT2D eigenvalue weighted by Gasteiger charge is 2.51. The smallest absolute Gasteiger partial charge is 0.220 e. The summed E-state index contributed by atoms with van der Waals surface area (Å²) in [6.07, 6.45) is 52.5. The molecule has 0 saturated carbocycles. The quantitative estimate of drug-likeness (QED) is 0.0204. The third-order valence-corrected chi connectivity index (χ3v) is 17.6. The second kappa shape index (κ2) is 55.5. The van der Waals surface area contributed by atoms with Gasteiger partial charge >= 0.3 is 0 Å². The van der Waals surface area contributed by atoms with Crippen molar-refractivity contribution >= 4 is 5.91 Å². The fourth-order valence-corrected chi connectivity index (χ4v) is 12.0. The first-order valence-corrected chi connectivity index (χ1v) is 35.6. The van der Waals surface area contributed by atoms with Gasteiger partial charge in [-0.15, -0.1) is 0 Å². The van der Waals surface area contributed by atoms with Crippen LogP contribution in [0.4, 0.5) is 0 Å². The Kier molecular flexibility index (Phi) is 51.9. The van der Waals surface area contributed by atoms with Crippen LogP contribution >= 0.6 is 0 Å². The van der Waals surface area contributed by atoms with Crippen LogP contribution in [0.5, 0.6) is 0 Å². The number of amides is 1. The lowest BCUT2D eigenvalue weighted by Crippen LogP contribution is -2.65. The third kappa shape index (κ3) is 39.5. The van der Waals surface area contributed by atoms with Crippen LogP contribution in [-0.4, -0.2) is 140 Å². The van der Waals surface area contributed by atoms with E-state index >= 15 is 0 Å². The molecule has 2 aliphatic rings. The molecule has 14 nitrogen and oxygen atoms in total. The van der Waals surface area contributed by atoms with Crippen LogP contribution < -0.4 is 5.32 Å². The maximum Gasteiger partial charge on any atom is 0.220 e. The van der Waals surface area contributed by atoms with Gasteiger partial charge in [0.25, 0.3) is 0 Å². The number of hydrogen-bond acceptors (Lipinski definition) is 13. The van der Waals surface area contributed by atoms with Crippen LogP contribution in [0.25, 0.3) is 0 Å². The number of carbonyl (C=O) groups excluding carboxylic acids is 1. The minimum Gasteiger partial charge on any atom is -0.394 e. The van der Waals surface area contributed by atoms with E-state index in [9.17, 15) is 45.6 Å². The summed E-state index contributed by atoms with van der Waals surface area (Å²) in [7, 11) is 0. The molecule has 0 aromatic heterocycles. The molecule has 0 aromatic carbocycles. The molecule has 0 radical (unpaired) electrons. The zero-order chi connectivity index (χ0) is 60.9. The standard InChI is InChI=1S/C70H133NO13/c1-3-5-7-9-11-13-15-17-19-21-23-24-25-26-27-28-29-30-31-32-33-34-35-36-37-39-41-43-45-47-49-51-53-59(74)58(71-62(75)54-52-50-48-46-44-42-40-38-22-20-18-16-14-12-10-8-6-4-2)57-81-69-67(80)65(78)68(61(56-73)83-69)84-70-66(79)64(77)63(76)60(55-72)82-70/h43,45,51,53,58-61,63-70,72-74,76-80H,3-42,44,46-50,52,54-57H2,1-2H3,(H,71,75)/b45-43+,53-51+. The molecule has 0 aliphatic carbocycles. The number of hydrogen-bond donors (Lipinski definition) is 9. The SMILES string of the molecule is CCCCCCCCCCCCCCCCCCCCCCCCCCCC/C=C/CC/C=C/C(O)C(COC1OC(CO)C(OC2OC(CO)C(O)C(O)C2O)C(O)C1O)NC(=O)CCCCCCCCCCCCCCCCCCCC. The summed E-state index contributed by atoms with van der Waals surface area (Å²) >= 11 is 0. The second-order valence-electron chi connectivity index (χ2n) is 25.4. The first-order valence-electron chi connectivity index (χ1n) is 35.6. The van der Waals surface area contributed by atoms with Crippen LogP contribution in [0, 0.1) is 0 Å². The highest BCUT2D eigenvalue weighted by Crippen LogP contribution is 2.30. The van der Waals surface area contributed by atoms with E-state index in [0.717, 1.165) is 32.1 Å². The molecule has 84 heavy (non-hydrogen) atoms. The molecule has 0 spiro atoms. The Bertz CT molecular complexity index is 1500. The number of unbranched alkanes of at least 4 members (excludes halogenated alkanes) is 44. The minimum atomic E-state index is -1.79. The van der Waals surface area contributed by atoms with E-state index in [1.54, 1.807) is 6.08 Å². The maximum absolute atomic E-state index is 13.3. The topological polar surface area (TPSA) is 228 Å². The molecule has 2 fully saturated rings. The van der Waals surface area contributed by atoms with Gasteiger partial charge in [-0.05, 0) is 32.1 Å². The van der Waals surface area contributed by atoms with Gasteiger partial charge in [0.2, 0.25) is 5.91 Å². The van der Waals surface area contributed by atoms with Crippen LogP contribution in [0.1, 0.15) is 322 Å². The molecule has 2 saturated heterocycles. The Morgan fingerprint density at radius 1 is 0.417 bits per heavy atom. The molecule has 0 aromatic rings. The molecule has 12 unspecified atom stereocenters. The van der Waals surface area contributed by atoms with Gasteiger partial charge < -0.3 is 65.1 Å². The predicted octanol–water partition coefficient (Wildman–Crippen LogP) is 14.3. The zero-order valence-corrected chi connectivity index (χ0v) is 53.9. The maximum atomic E-state index is 13.3. The van der Waals surface area contributed by atoms with E-state index in [1.807, 2.05) is 6.08 Å². The molecule has 12 atom stereocenters. The zero-order valence-electron chi connectivity index (χ0n) is 53.9. The van der Waals surface area contributed by atoms with Crippen molar-refractivity contribution in [3.05, 3.63) is 24.3 Å². The molecular formula is C70H133NO13. The average Bonchev–Trinajstić information content (AvgIpc) is 3.64. The third-order valence-electron chi connectivity index (χ3n) is 17.6. The normalized spacial score (nSPS) is 23.7. The highest BCUT2D eigenvalue weighted by molar-refractivity contribution is 5.76. The molecule has 9 N–H and O–H groups in total. The largest absolute Gasteiger partial charge is 0.394 e. The van der Waals surface area contributed by atoms with Gasteiger partial charge in [0.15, 0.2) is 12.6 Å². The number of rotatable bonds is 59. The van der Waals surface area contributed by atoms with E-state index in [4.69, 9.17) is 18.9 Å². The van der Waals surface area contributed by atoms with Crippen molar-refractivity contribution in [1.82, 2.24) is 5.32 Å². The van der Waals surface area contributed by atoms with E-state index in [0.29, 0.717) is 12.8 Å². The summed E-state index contributed by atoms with van der Waals surface area (Å²) in [5.74, 6) is -0.243. The Morgan fingerprint density at radius 3 is 1.17 bits per heavy atom. The van der Waals surface area contributed by atoms with E-state index in [-0.39, 0.29) is 18.9 Å². The van der Waals surface area contributed by atoms with E-state index in [1.165, 1.54) is 257 Å². The summed E-state index contributed by atoms with van der Waals surface area (Å²) in [6, 6.07) is -0.929. The fourth-order valence-electron chi connectivity index (χ4n) is 12.0. The molecule has 0 bridgehead atoms. The minimum absolute atomic E-state index is 0.243. The first kappa shape index (κ1) is 78.6. The van der Waals surface area contributed by atoms with Crippen molar-refractivity contribution in [3.8, 4) is 0 Å². The molecular weight excluding hydrogens is 1060 g/mol. The van der Waals surface area contributed by atoms with Gasteiger partial charge in [0.05, 0.1) is 32.0 Å². The average molecular weight is 1200 g/mol. The molecule has 2 heterocycles. The van der Waals surface area contributed by atoms with E-state index in [2.05, 4.69) is 31.3 Å². The van der Waals surface area contributed by atoms with Gasteiger partial charge in [-0.25, -0.2) is 0 Å². The van der Waals surface area contributed by atoms with Gasteiger partial charge in [-0.3, -0.25) is 4.79 Å². The number of aliphatic hydroxyl groups excluding tert-OH is 8. The summed E-state index contributed by atoms with van der Waals surface area (Å²) in [5, 5.41) is 87.4. The highest BCUT2D eigenvalue weighted by atomic mass is 16.7. The number of aliphatic hydroxyl groups is 8. The molecule has 2 aliphatic heterocycles. The van der Waals surface area contributed by atoms with Gasteiger partial charge in [-0.1, -0.05) is 308 Å². The fraction of sp³-hybridized carbons (Fsp3) is 0.929. The summed E-state index contributed by atoms with van der Waals surface area (Å²) < 4.78 is 22.8. The Hall–Kier alpha value is -1.53. The number of carbonyl (C=O) groups is 1. The monoisotopic (exact) mass is 1200 g/mol. The molecule has 14 heteroatoms. The van der Waals surface area contributed by atoms with E-state index < -0.39 is 86.8 Å². The molecule has 1 amide bonds. The van der Waals surface area contributed by atoms with Crippen LogP contribution in [0.15, 0.2) is 24.3 Å². The van der Waals surface area contributed by atoms with Gasteiger partial charge in [0, 0.05) is 6.42 Å². The lowest BCUT2D eigenvalue weighted by molar-refractivity contribution is -0.359. The number of allylic oxidation sites excluding steroid dienone is 3. The van der Waals surface area contributed by atoms with Crippen molar-refractivity contribution in [2.45, 2.75) is 396 Å². The first-order chi connectivity index (χ1) is 41.1.